The minimum atomic E-state index is -0.133. The van der Waals surface area contributed by atoms with Crippen LogP contribution in [0, 0.1) is 0 Å². The summed E-state index contributed by atoms with van der Waals surface area (Å²) < 4.78 is 11.7. The number of nitrogens with zero attached hydrogens (tertiary/aromatic N) is 2. The van der Waals surface area contributed by atoms with Crippen molar-refractivity contribution in [3.8, 4) is 5.88 Å². The van der Waals surface area contributed by atoms with Gasteiger partial charge < -0.3 is 9.47 Å². The lowest BCUT2D eigenvalue weighted by molar-refractivity contribution is -0.0169. The molecule has 84 valence electrons. The molecule has 0 aromatic carbocycles. The third-order valence-corrected chi connectivity index (χ3v) is 2.03. The summed E-state index contributed by atoms with van der Waals surface area (Å²) in [4.78, 5) is 7.82. The van der Waals surface area contributed by atoms with Crippen LogP contribution in [0.1, 0.15) is 20.8 Å². The molecule has 1 rings (SSSR count). The second kappa shape index (κ2) is 5.42. The highest BCUT2D eigenvalue weighted by Gasteiger charge is 2.09. The zero-order chi connectivity index (χ0) is 11.3. The van der Waals surface area contributed by atoms with E-state index in [1.807, 2.05) is 20.8 Å². The first-order valence-electron chi connectivity index (χ1n) is 4.71. The van der Waals surface area contributed by atoms with Gasteiger partial charge in [-0.2, -0.15) is 0 Å². The molecule has 0 radical (unpaired) electrons. The van der Waals surface area contributed by atoms with Crippen molar-refractivity contribution in [2.24, 2.45) is 0 Å². The summed E-state index contributed by atoms with van der Waals surface area (Å²) in [6, 6.07) is 0. The fourth-order valence-corrected chi connectivity index (χ4v) is 1.23. The van der Waals surface area contributed by atoms with Gasteiger partial charge in [0, 0.05) is 6.20 Å². The standard InChI is InChI=1S/C10H15BrN2O2/c1-10(2,3)15-5-4-14-9-8(11)6-12-7-13-9/h6-7H,4-5H2,1-3H3. The summed E-state index contributed by atoms with van der Waals surface area (Å²) in [7, 11) is 0. The van der Waals surface area contributed by atoms with Crippen molar-refractivity contribution in [1.82, 2.24) is 9.97 Å². The topological polar surface area (TPSA) is 44.2 Å². The first-order valence-corrected chi connectivity index (χ1v) is 5.50. The summed E-state index contributed by atoms with van der Waals surface area (Å²) in [6.45, 7) is 7.04. The van der Waals surface area contributed by atoms with E-state index in [-0.39, 0.29) is 5.60 Å². The van der Waals surface area contributed by atoms with Crippen LogP contribution in [-0.4, -0.2) is 28.8 Å². The molecule has 1 aromatic heterocycles. The van der Waals surface area contributed by atoms with Gasteiger partial charge in [-0.05, 0) is 36.7 Å². The van der Waals surface area contributed by atoms with Crippen LogP contribution in [0.25, 0.3) is 0 Å². The quantitative estimate of drug-likeness (QED) is 0.792. The van der Waals surface area contributed by atoms with E-state index >= 15 is 0 Å². The zero-order valence-electron chi connectivity index (χ0n) is 9.16. The third kappa shape index (κ3) is 5.09. The average Bonchev–Trinajstić information content (AvgIpc) is 2.13. The lowest BCUT2D eigenvalue weighted by Crippen LogP contribution is -2.22. The van der Waals surface area contributed by atoms with Crippen LogP contribution >= 0.6 is 15.9 Å². The van der Waals surface area contributed by atoms with E-state index in [1.54, 1.807) is 6.20 Å². The molecule has 0 spiro atoms. The lowest BCUT2D eigenvalue weighted by Gasteiger charge is -2.19. The summed E-state index contributed by atoms with van der Waals surface area (Å²) in [5, 5.41) is 0. The Hall–Kier alpha value is -0.680. The Morgan fingerprint density at radius 2 is 2.07 bits per heavy atom. The molecule has 0 aliphatic heterocycles. The predicted octanol–water partition coefficient (Wildman–Crippen LogP) is 2.43. The highest BCUT2D eigenvalue weighted by Crippen LogP contribution is 2.19. The molecule has 0 saturated heterocycles. The van der Waals surface area contributed by atoms with Crippen LogP contribution in [0.2, 0.25) is 0 Å². The van der Waals surface area contributed by atoms with Crippen molar-refractivity contribution in [3.63, 3.8) is 0 Å². The molecule has 0 atom stereocenters. The molecule has 0 N–H and O–H groups in total. The van der Waals surface area contributed by atoms with Crippen LogP contribution < -0.4 is 4.74 Å². The average molecular weight is 275 g/mol. The smallest absolute Gasteiger partial charge is 0.231 e. The van der Waals surface area contributed by atoms with Gasteiger partial charge in [-0.1, -0.05) is 0 Å². The molecule has 5 heteroatoms. The molecule has 4 nitrogen and oxygen atoms in total. The van der Waals surface area contributed by atoms with Crippen LogP contribution in [-0.2, 0) is 4.74 Å². The van der Waals surface area contributed by atoms with E-state index in [1.165, 1.54) is 6.33 Å². The minimum Gasteiger partial charge on any atom is -0.474 e. The van der Waals surface area contributed by atoms with Crippen molar-refractivity contribution in [2.45, 2.75) is 26.4 Å². The number of halogens is 1. The van der Waals surface area contributed by atoms with Gasteiger partial charge in [0.25, 0.3) is 0 Å². The number of ether oxygens (including phenoxy) is 2. The number of hydrogen-bond acceptors (Lipinski definition) is 4. The van der Waals surface area contributed by atoms with Crippen molar-refractivity contribution in [1.29, 1.82) is 0 Å². The number of hydrogen-bond donors (Lipinski definition) is 0. The van der Waals surface area contributed by atoms with Gasteiger partial charge in [-0.25, -0.2) is 9.97 Å². The maximum Gasteiger partial charge on any atom is 0.231 e. The minimum absolute atomic E-state index is 0.133. The predicted molar refractivity (Wildman–Crippen MR) is 60.9 cm³/mol. The largest absolute Gasteiger partial charge is 0.474 e. The van der Waals surface area contributed by atoms with E-state index in [2.05, 4.69) is 25.9 Å². The molecule has 0 aliphatic rings. The molecule has 1 heterocycles. The highest BCUT2D eigenvalue weighted by atomic mass is 79.9. The molecular formula is C10H15BrN2O2. The molecule has 0 saturated carbocycles. The Morgan fingerprint density at radius 1 is 1.33 bits per heavy atom. The van der Waals surface area contributed by atoms with Gasteiger partial charge in [0.05, 0.1) is 16.7 Å². The molecule has 0 bridgehead atoms. The monoisotopic (exact) mass is 274 g/mol. The Balaban J connectivity index is 2.30. The maximum absolute atomic E-state index is 5.51. The van der Waals surface area contributed by atoms with Crippen molar-refractivity contribution in [3.05, 3.63) is 17.0 Å². The second-order valence-corrected chi connectivity index (χ2v) is 4.84. The molecule has 0 fully saturated rings. The van der Waals surface area contributed by atoms with Crippen molar-refractivity contribution >= 4 is 15.9 Å². The van der Waals surface area contributed by atoms with Gasteiger partial charge in [-0.3, -0.25) is 0 Å². The van der Waals surface area contributed by atoms with E-state index in [0.29, 0.717) is 19.1 Å². The maximum atomic E-state index is 5.51. The number of rotatable bonds is 4. The van der Waals surface area contributed by atoms with Crippen LogP contribution in [0.15, 0.2) is 17.0 Å². The SMILES string of the molecule is CC(C)(C)OCCOc1ncncc1Br. The Bertz CT molecular complexity index is 313. The van der Waals surface area contributed by atoms with Gasteiger partial charge in [0.15, 0.2) is 0 Å². The van der Waals surface area contributed by atoms with E-state index in [9.17, 15) is 0 Å². The van der Waals surface area contributed by atoms with E-state index in [0.717, 1.165) is 4.47 Å². The third-order valence-electron chi connectivity index (χ3n) is 1.49. The van der Waals surface area contributed by atoms with E-state index < -0.39 is 0 Å². The first-order chi connectivity index (χ1) is 6.99. The summed E-state index contributed by atoms with van der Waals surface area (Å²) in [6.07, 6.45) is 3.09. The molecular weight excluding hydrogens is 260 g/mol. The fourth-order valence-electron chi connectivity index (χ4n) is 0.894. The molecule has 1 aromatic rings. The van der Waals surface area contributed by atoms with Crippen LogP contribution in [0.3, 0.4) is 0 Å². The highest BCUT2D eigenvalue weighted by molar-refractivity contribution is 9.10. The van der Waals surface area contributed by atoms with Crippen molar-refractivity contribution < 1.29 is 9.47 Å². The zero-order valence-corrected chi connectivity index (χ0v) is 10.7. The fraction of sp³-hybridized carbons (Fsp3) is 0.600. The molecule has 15 heavy (non-hydrogen) atoms. The summed E-state index contributed by atoms with van der Waals surface area (Å²) in [5.74, 6) is 0.544. The van der Waals surface area contributed by atoms with Gasteiger partial charge in [0.2, 0.25) is 5.88 Å². The first kappa shape index (κ1) is 12.4. The van der Waals surface area contributed by atoms with Crippen molar-refractivity contribution in [2.75, 3.05) is 13.2 Å². The van der Waals surface area contributed by atoms with Gasteiger partial charge in [-0.15, -0.1) is 0 Å². The Morgan fingerprint density at radius 3 is 2.67 bits per heavy atom. The van der Waals surface area contributed by atoms with Crippen LogP contribution in [0.4, 0.5) is 0 Å². The van der Waals surface area contributed by atoms with Crippen LogP contribution in [0.5, 0.6) is 5.88 Å². The second-order valence-electron chi connectivity index (χ2n) is 3.99. The molecule has 0 amide bonds. The lowest BCUT2D eigenvalue weighted by atomic mass is 10.2. The Labute approximate surface area is 98.2 Å². The molecule has 0 unspecified atom stereocenters. The number of aromatic nitrogens is 2. The van der Waals surface area contributed by atoms with E-state index in [4.69, 9.17) is 9.47 Å². The summed E-state index contributed by atoms with van der Waals surface area (Å²) in [5.41, 5.74) is -0.133. The normalized spacial score (nSPS) is 11.5. The Kier molecular flexibility index (Phi) is 4.47. The van der Waals surface area contributed by atoms with Gasteiger partial charge >= 0.3 is 0 Å². The molecule has 0 aliphatic carbocycles. The van der Waals surface area contributed by atoms with Gasteiger partial charge in [0.1, 0.15) is 12.9 Å². The summed E-state index contributed by atoms with van der Waals surface area (Å²) >= 11 is 3.30.